The number of amides is 1. The number of aromatic amines is 1. The Morgan fingerprint density at radius 1 is 1.33 bits per heavy atom. The summed E-state index contributed by atoms with van der Waals surface area (Å²) in [5.74, 6) is 0.112. The number of fused-ring (bicyclic) bond motifs is 2. The van der Waals surface area contributed by atoms with Crippen molar-refractivity contribution in [2.45, 2.75) is 6.42 Å². The summed E-state index contributed by atoms with van der Waals surface area (Å²) in [4.78, 5) is 12.2. The molecule has 1 aliphatic carbocycles. The molecule has 21 heavy (non-hydrogen) atoms. The number of benzene rings is 1. The van der Waals surface area contributed by atoms with Crippen LogP contribution in [-0.2, 0) is 4.79 Å². The van der Waals surface area contributed by atoms with E-state index in [1.165, 1.54) is 0 Å². The maximum atomic E-state index is 12.2. The Morgan fingerprint density at radius 3 is 3.14 bits per heavy atom. The van der Waals surface area contributed by atoms with Crippen LogP contribution in [0.2, 0.25) is 0 Å². The molecule has 0 saturated carbocycles. The maximum absolute atomic E-state index is 12.2. The number of rotatable bonds is 1. The smallest absolute Gasteiger partial charge is 0.252 e. The number of carbonyl (C=O) groups is 1. The van der Waals surface area contributed by atoms with Gasteiger partial charge in [0.2, 0.25) is 0 Å². The van der Waals surface area contributed by atoms with Gasteiger partial charge < -0.3 is 5.32 Å². The first-order valence-electron chi connectivity index (χ1n) is 6.73. The fourth-order valence-corrected chi connectivity index (χ4v) is 3.28. The van der Waals surface area contributed by atoms with Gasteiger partial charge in [-0.05, 0) is 34.7 Å². The van der Waals surface area contributed by atoms with E-state index < -0.39 is 0 Å². The SMILES string of the molecule is O=C1NC2=CC=C(Br)CC2/C1=C\c1ccc2cn[nH]c2c1. The number of H-pyrrole nitrogens is 1. The molecule has 0 bridgehead atoms. The molecule has 1 atom stereocenters. The number of hydrogen-bond donors (Lipinski definition) is 2. The molecule has 1 saturated heterocycles. The van der Waals surface area contributed by atoms with Gasteiger partial charge in [0, 0.05) is 22.6 Å². The average Bonchev–Trinajstić information content (AvgIpc) is 3.04. The van der Waals surface area contributed by atoms with Crippen molar-refractivity contribution in [3.63, 3.8) is 0 Å². The molecule has 2 aromatic rings. The zero-order chi connectivity index (χ0) is 14.4. The summed E-state index contributed by atoms with van der Waals surface area (Å²) in [7, 11) is 0. The number of carbonyl (C=O) groups excluding carboxylic acids is 1. The van der Waals surface area contributed by atoms with Crippen LogP contribution >= 0.6 is 15.9 Å². The Labute approximate surface area is 129 Å². The highest BCUT2D eigenvalue weighted by Gasteiger charge is 2.34. The van der Waals surface area contributed by atoms with E-state index in [4.69, 9.17) is 0 Å². The quantitative estimate of drug-likeness (QED) is 0.782. The van der Waals surface area contributed by atoms with Crippen LogP contribution in [0, 0.1) is 5.92 Å². The zero-order valence-electron chi connectivity index (χ0n) is 11.1. The van der Waals surface area contributed by atoms with E-state index in [9.17, 15) is 4.79 Å². The summed E-state index contributed by atoms with van der Waals surface area (Å²) < 4.78 is 1.11. The van der Waals surface area contributed by atoms with Crippen molar-refractivity contribution >= 4 is 38.8 Å². The van der Waals surface area contributed by atoms with Gasteiger partial charge in [-0.25, -0.2) is 0 Å². The van der Waals surface area contributed by atoms with Gasteiger partial charge in [-0.15, -0.1) is 0 Å². The van der Waals surface area contributed by atoms with Gasteiger partial charge in [-0.2, -0.15) is 5.10 Å². The monoisotopic (exact) mass is 341 g/mol. The fourth-order valence-electron chi connectivity index (χ4n) is 2.83. The maximum Gasteiger partial charge on any atom is 0.252 e. The van der Waals surface area contributed by atoms with Crippen LogP contribution in [0.25, 0.3) is 17.0 Å². The van der Waals surface area contributed by atoms with Crippen LogP contribution in [0.5, 0.6) is 0 Å². The Hall–Kier alpha value is -2.14. The molecule has 4 rings (SSSR count). The number of nitrogens with zero attached hydrogens (tertiary/aromatic N) is 1. The minimum absolute atomic E-state index is 0.00782. The summed E-state index contributed by atoms with van der Waals surface area (Å²) in [5, 5.41) is 11.0. The molecule has 4 nitrogen and oxygen atoms in total. The van der Waals surface area contributed by atoms with Gasteiger partial charge >= 0.3 is 0 Å². The van der Waals surface area contributed by atoms with Crippen molar-refractivity contribution in [1.29, 1.82) is 0 Å². The molecule has 2 N–H and O–H groups in total. The number of halogens is 1. The largest absolute Gasteiger partial charge is 0.325 e. The lowest BCUT2D eigenvalue weighted by atomic mass is 9.91. The number of allylic oxidation sites excluding steroid dienone is 4. The Bertz CT molecular complexity index is 844. The fraction of sp³-hybridized carbons (Fsp3) is 0.125. The third kappa shape index (κ3) is 2.14. The molecular formula is C16H12BrN3O. The predicted octanol–water partition coefficient (Wildman–Crippen LogP) is 3.26. The Kier molecular flexibility index (Phi) is 2.82. The van der Waals surface area contributed by atoms with Crippen molar-refractivity contribution in [1.82, 2.24) is 15.5 Å². The zero-order valence-corrected chi connectivity index (χ0v) is 12.6. The summed E-state index contributed by atoms with van der Waals surface area (Å²) in [6.45, 7) is 0. The number of aromatic nitrogens is 2. The molecule has 1 aromatic carbocycles. The lowest BCUT2D eigenvalue weighted by molar-refractivity contribution is -0.115. The topological polar surface area (TPSA) is 57.8 Å². The van der Waals surface area contributed by atoms with Crippen LogP contribution in [0.3, 0.4) is 0 Å². The van der Waals surface area contributed by atoms with E-state index in [0.717, 1.165) is 38.6 Å². The van der Waals surface area contributed by atoms with Gasteiger partial charge in [0.15, 0.2) is 0 Å². The van der Waals surface area contributed by atoms with E-state index in [1.807, 2.05) is 36.4 Å². The average molecular weight is 342 g/mol. The minimum Gasteiger partial charge on any atom is -0.325 e. The number of nitrogens with one attached hydrogen (secondary N) is 2. The molecule has 2 heterocycles. The van der Waals surface area contributed by atoms with Crippen LogP contribution in [0.4, 0.5) is 0 Å². The van der Waals surface area contributed by atoms with Crippen LogP contribution < -0.4 is 5.32 Å². The second-order valence-corrected chi connectivity index (χ2v) is 6.28. The van der Waals surface area contributed by atoms with E-state index in [1.54, 1.807) is 6.20 Å². The first-order chi connectivity index (χ1) is 10.2. The van der Waals surface area contributed by atoms with Crippen LogP contribution in [0.1, 0.15) is 12.0 Å². The van der Waals surface area contributed by atoms with Gasteiger partial charge in [0.05, 0.1) is 11.7 Å². The first-order valence-corrected chi connectivity index (χ1v) is 7.52. The van der Waals surface area contributed by atoms with E-state index >= 15 is 0 Å². The summed E-state index contributed by atoms with van der Waals surface area (Å²) in [6, 6.07) is 6.02. The second kappa shape index (κ2) is 4.70. The molecule has 2 aliphatic rings. The normalized spacial score (nSPS) is 23.0. The summed E-state index contributed by atoms with van der Waals surface area (Å²) in [5.41, 5.74) is 3.77. The molecule has 0 spiro atoms. The molecule has 1 aliphatic heterocycles. The van der Waals surface area contributed by atoms with Crippen molar-refractivity contribution in [3.05, 3.63) is 57.9 Å². The van der Waals surface area contributed by atoms with Gasteiger partial charge in [-0.3, -0.25) is 9.89 Å². The van der Waals surface area contributed by atoms with Crippen molar-refractivity contribution < 1.29 is 4.79 Å². The van der Waals surface area contributed by atoms with Crippen molar-refractivity contribution in [3.8, 4) is 0 Å². The summed E-state index contributed by atoms with van der Waals surface area (Å²) >= 11 is 3.52. The highest BCUT2D eigenvalue weighted by Crippen LogP contribution is 2.37. The van der Waals surface area contributed by atoms with E-state index in [-0.39, 0.29) is 11.8 Å². The van der Waals surface area contributed by atoms with Crippen LogP contribution in [-0.4, -0.2) is 16.1 Å². The van der Waals surface area contributed by atoms with Gasteiger partial charge in [0.1, 0.15) is 0 Å². The predicted molar refractivity (Wildman–Crippen MR) is 85.4 cm³/mol. The molecule has 104 valence electrons. The van der Waals surface area contributed by atoms with Crippen molar-refractivity contribution in [2.75, 3.05) is 0 Å². The number of hydrogen-bond acceptors (Lipinski definition) is 2. The molecule has 0 radical (unpaired) electrons. The van der Waals surface area contributed by atoms with E-state index in [0.29, 0.717) is 0 Å². The highest BCUT2D eigenvalue weighted by molar-refractivity contribution is 9.11. The van der Waals surface area contributed by atoms with Crippen LogP contribution in [0.15, 0.2) is 52.3 Å². The standard InChI is InChI=1S/C16H12BrN3O/c17-11-3-4-14-12(7-11)13(16(21)19-14)5-9-1-2-10-8-18-20-15(10)6-9/h1-6,8,12H,7H2,(H,18,20)(H,19,21)/b13-5+. The molecule has 1 amide bonds. The second-order valence-electron chi connectivity index (χ2n) is 5.26. The van der Waals surface area contributed by atoms with Gasteiger partial charge in [0.25, 0.3) is 5.91 Å². The Morgan fingerprint density at radius 2 is 2.24 bits per heavy atom. The van der Waals surface area contributed by atoms with Gasteiger partial charge in [-0.1, -0.05) is 34.1 Å². The molecule has 1 aromatic heterocycles. The highest BCUT2D eigenvalue weighted by atomic mass is 79.9. The van der Waals surface area contributed by atoms with E-state index in [2.05, 4.69) is 31.4 Å². The summed E-state index contributed by atoms with van der Waals surface area (Å²) in [6.07, 6.45) is 8.54. The third-order valence-electron chi connectivity index (χ3n) is 3.90. The lowest BCUT2D eigenvalue weighted by Gasteiger charge is -2.15. The molecule has 1 fully saturated rings. The van der Waals surface area contributed by atoms with Crippen molar-refractivity contribution in [2.24, 2.45) is 5.92 Å². The lowest BCUT2D eigenvalue weighted by Crippen LogP contribution is -2.13. The third-order valence-corrected chi connectivity index (χ3v) is 4.49. The first kappa shape index (κ1) is 12.6. The minimum atomic E-state index is -0.00782. The Balaban J connectivity index is 1.75. The molecule has 5 heteroatoms. The molecule has 1 unspecified atom stereocenters. The molecular weight excluding hydrogens is 330 g/mol.